The van der Waals surface area contributed by atoms with E-state index in [0.717, 1.165) is 11.3 Å². The second-order valence-corrected chi connectivity index (χ2v) is 5.23. The Labute approximate surface area is 120 Å². The van der Waals surface area contributed by atoms with Crippen LogP contribution in [0.4, 0.5) is 5.95 Å². The van der Waals surface area contributed by atoms with E-state index < -0.39 is 0 Å². The molecule has 0 atom stereocenters. The standard InChI is InChI=1S/C13H17N7O/c1-7(2)8-4-15-19-10(8)6-14-13-17-11-9(12(21)18-13)5-16-20(11)3/h4-5,7H,6H2,1-3H3,(H,15,19)(H2,14,17,18,21). The van der Waals surface area contributed by atoms with Crippen molar-refractivity contribution in [3.05, 3.63) is 34.0 Å². The van der Waals surface area contributed by atoms with Crippen LogP contribution in [0.25, 0.3) is 11.0 Å². The van der Waals surface area contributed by atoms with E-state index in [1.54, 1.807) is 11.7 Å². The zero-order chi connectivity index (χ0) is 15.0. The van der Waals surface area contributed by atoms with Gasteiger partial charge < -0.3 is 5.32 Å². The molecule has 0 bridgehead atoms. The molecule has 3 aromatic heterocycles. The van der Waals surface area contributed by atoms with Crippen molar-refractivity contribution in [3.8, 4) is 0 Å². The lowest BCUT2D eigenvalue weighted by atomic mass is 10.0. The minimum Gasteiger partial charge on any atom is -0.350 e. The van der Waals surface area contributed by atoms with Crippen molar-refractivity contribution in [2.45, 2.75) is 26.3 Å². The topological polar surface area (TPSA) is 104 Å². The van der Waals surface area contributed by atoms with Crippen LogP contribution < -0.4 is 10.9 Å². The number of nitrogens with one attached hydrogen (secondary N) is 3. The van der Waals surface area contributed by atoms with Gasteiger partial charge in [0, 0.05) is 7.05 Å². The van der Waals surface area contributed by atoms with Gasteiger partial charge in [-0.05, 0) is 11.5 Å². The first-order valence-electron chi connectivity index (χ1n) is 6.74. The Kier molecular flexibility index (Phi) is 3.20. The summed E-state index contributed by atoms with van der Waals surface area (Å²) in [6.45, 7) is 4.73. The van der Waals surface area contributed by atoms with E-state index in [0.29, 0.717) is 29.4 Å². The first kappa shape index (κ1) is 13.3. The molecule has 3 rings (SSSR count). The number of aromatic nitrogens is 6. The van der Waals surface area contributed by atoms with Gasteiger partial charge in [-0.3, -0.25) is 19.6 Å². The summed E-state index contributed by atoms with van der Waals surface area (Å²) < 4.78 is 1.57. The van der Waals surface area contributed by atoms with Gasteiger partial charge in [0.05, 0.1) is 24.6 Å². The molecule has 0 aliphatic heterocycles. The minimum atomic E-state index is -0.204. The van der Waals surface area contributed by atoms with Crippen molar-refractivity contribution in [3.63, 3.8) is 0 Å². The van der Waals surface area contributed by atoms with Gasteiger partial charge in [0.2, 0.25) is 5.95 Å². The van der Waals surface area contributed by atoms with Crippen LogP contribution >= 0.6 is 0 Å². The molecule has 3 N–H and O–H groups in total. The summed E-state index contributed by atoms with van der Waals surface area (Å²) in [5.74, 6) is 0.799. The fraction of sp³-hybridized carbons (Fsp3) is 0.385. The Balaban J connectivity index is 1.87. The number of aromatic amines is 2. The predicted molar refractivity (Wildman–Crippen MR) is 79.1 cm³/mol. The molecule has 0 aliphatic rings. The normalized spacial score (nSPS) is 11.4. The van der Waals surface area contributed by atoms with Gasteiger partial charge in [-0.25, -0.2) is 0 Å². The smallest absolute Gasteiger partial charge is 0.263 e. The molecule has 110 valence electrons. The Morgan fingerprint density at radius 3 is 2.95 bits per heavy atom. The molecule has 8 heteroatoms. The molecule has 0 radical (unpaired) electrons. The zero-order valence-corrected chi connectivity index (χ0v) is 12.1. The summed E-state index contributed by atoms with van der Waals surface area (Å²) in [4.78, 5) is 19.0. The van der Waals surface area contributed by atoms with Crippen LogP contribution in [0.15, 0.2) is 17.2 Å². The minimum absolute atomic E-state index is 0.204. The van der Waals surface area contributed by atoms with Gasteiger partial charge in [-0.15, -0.1) is 0 Å². The Bertz CT molecular complexity index is 827. The third-order valence-electron chi connectivity index (χ3n) is 3.41. The summed E-state index contributed by atoms with van der Waals surface area (Å²) in [6, 6.07) is 0. The van der Waals surface area contributed by atoms with E-state index in [-0.39, 0.29) is 5.56 Å². The van der Waals surface area contributed by atoms with Gasteiger partial charge >= 0.3 is 0 Å². The molecule has 0 spiro atoms. The van der Waals surface area contributed by atoms with Crippen LogP contribution in [0.1, 0.15) is 31.0 Å². The van der Waals surface area contributed by atoms with E-state index in [9.17, 15) is 4.79 Å². The van der Waals surface area contributed by atoms with E-state index in [2.05, 4.69) is 44.4 Å². The van der Waals surface area contributed by atoms with Crippen molar-refractivity contribution in [1.29, 1.82) is 0 Å². The van der Waals surface area contributed by atoms with Crippen molar-refractivity contribution < 1.29 is 0 Å². The van der Waals surface area contributed by atoms with Crippen molar-refractivity contribution in [2.24, 2.45) is 7.05 Å². The molecular formula is C13H17N7O. The number of nitrogens with zero attached hydrogens (tertiary/aromatic N) is 4. The van der Waals surface area contributed by atoms with Crippen LogP contribution in [0.2, 0.25) is 0 Å². The SMILES string of the molecule is CC(C)c1cn[nH]c1CNc1nc2c(cnn2C)c(=O)[nH]1. The van der Waals surface area contributed by atoms with E-state index in [4.69, 9.17) is 0 Å². The second-order valence-electron chi connectivity index (χ2n) is 5.23. The molecule has 3 heterocycles. The monoisotopic (exact) mass is 287 g/mol. The van der Waals surface area contributed by atoms with Gasteiger partial charge in [0.25, 0.3) is 5.56 Å². The summed E-state index contributed by atoms with van der Waals surface area (Å²) in [5.41, 5.74) is 2.48. The van der Waals surface area contributed by atoms with E-state index >= 15 is 0 Å². The Morgan fingerprint density at radius 1 is 1.38 bits per heavy atom. The molecule has 0 fully saturated rings. The summed E-state index contributed by atoms with van der Waals surface area (Å²) in [7, 11) is 1.75. The van der Waals surface area contributed by atoms with Crippen LogP contribution in [0, 0.1) is 0 Å². The highest BCUT2D eigenvalue weighted by atomic mass is 16.1. The number of hydrogen-bond donors (Lipinski definition) is 3. The number of hydrogen-bond acceptors (Lipinski definition) is 5. The fourth-order valence-electron chi connectivity index (χ4n) is 2.25. The third kappa shape index (κ3) is 2.39. The van der Waals surface area contributed by atoms with Crippen LogP contribution in [-0.4, -0.2) is 29.9 Å². The first-order chi connectivity index (χ1) is 10.1. The number of aryl methyl sites for hydroxylation is 1. The van der Waals surface area contributed by atoms with Crippen LogP contribution in [-0.2, 0) is 13.6 Å². The Hall–Kier alpha value is -2.64. The maximum absolute atomic E-state index is 11.9. The number of rotatable bonds is 4. The average molecular weight is 287 g/mol. The molecule has 0 saturated carbocycles. The van der Waals surface area contributed by atoms with Crippen LogP contribution in [0.3, 0.4) is 0 Å². The summed E-state index contributed by atoms with van der Waals surface area (Å²) in [5, 5.41) is 14.7. The number of fused-ring (bicyclic) bond motifs is 1. The largest absolute Gasteiger partial charge is 0.350 e. The quantitative estimate of drug-likeness (QED) is 0.667. The molecule has 0 saturated heterocycles. The van der Waals surface area contributed by atoms with Gasteiger partial charge in [0.15, 0.2) is 5.65 Å². The number of H-pyrrole nitrogens is 2. The van der Waals surface area contributed by atoms with E-state index in [1.165, 1.54) is 6.20 Å². The average Bonchev–Trinajstić information content (AvgIpc) is 3.04. The van der Waals surface area contributed by atoms with Crippen molar-refractivity contribution >= 4 is 17.0 Å². The predicted octanol–water partition coefficient (Wildman–Crippen LogP) is 1.12. The Morgan fingerprint density at radius 2 is 2.19 bits per heavy atom. The second kappa shape index (κ2) is 5.04. The molecule has 0 aliphatic carbocycles. The zero-order valence-electron chi connectivity index (χ0n) is 12.1. The van der Waals surface area contributed by atoms with Crippen molar-refractivity contribution in [1.82, 2.24) is 29.9 Å². The maximum atomic E-state index is 11.9. The van der Waals surface area contributed by atoms with Crippen molar-refractivity contribution in [2.75, 3.05) is 5.32 Å². The lowest BCUT2D eigenvalue weighted by Gasteiger charge is -2.08. The molecule has 21 heavy (non-hydrogen) atoms. The molecule has 0 aromatic carbocycles. The first-order valence-corrected chi connectivity index (χ1v) is 6.74. The number of anilines is 1. The molecule has 8 nitrogen and oxygen atoms in total. The highest BCUT2D eigenvalue weighted by Crippen LogP contribution is 2.17. The lowest BCUT2D eigenvalue weighted by molar-refractivity contribution is 0.784. The highest BCUT2D eigenvalue weighted by Gasteiger charge is 2.11. The molecule has 0 amide bonds. The summed E-state index contributed by atoms with van der Waals surface area (Å²) >= 11 is 0. The molecule has 0 unspecified atom stereocenters. The van der Waals surface area contributed by atoms with Gasteiger partial charge in [0.1, 0.15) is 5.39 Å². The summed E-state index contributed by atoms with van der Waals surface area (Å²) in [6.07, 6.45) is 3.33. The molecular weight excluding hydrogens is 270 g/mol. The van der Waals surface area contributed by atoms with E-state index in [1.807, 2.05) is 6.20 Å². The lowest BCUT2D eigenvalue weighted by Crippen LogP contribution is -2.14. The fourth-order valence-corrected chi connectivity index (χ4v) is 2.25. The third-order valence-corrected chi connectivity index (χ3v) is 3.41. The molecule has 3 aromatic rings. The van der Waals surface area contributed by atoms with Gasteiger partial charge in [-0.2, -0.15) is 15.2 Å². The van der Waals surface area contributed by atoms with Gasteiger partial charge in [-0.1, -0.05) is 13.8 Å². The van der Waals surface area contributed by atoms with Crippen LogP contribution in [0.5, 0.6) is 0 Å². The maximum Gasteiger partial charge on any atom is 0.263 e. The highest BCUT2D eigenvalue weighted by molar-refractivity contribution is 5.74.